The molecule has 7 heteroatoms. The van der Waals surface area contributed by atoms with Crippen molar-refractivity contribution in [2.45, 2.75) is 26.1 Å². The van der Waals surface area contributed by atoms with E-state index in [0.29, 0.717) is 18.1 Å². The summed E-state index contributed by atoms with van der Waals surface area (Å²) < 4.78 is 33.4. The van der Waals surface area contributed by atoms with Crippen LogP contribution in [0.25, 0.3) is 0 Å². The van der Waals surface area contributed by atoms with E-state index in [1.54, 1.807) is 19.1 Å². The van der Waals surface area contributed by atoms with E-state index in [2.05, 4.69) is 10.1 Å². The molecule has 0 unspecified atom stereocenters. The molecule has 0 saturated heterocycles. The van der Waals surface area contributed by atoms with Crippen LogP contribution in [0.4, 0.5) is 0 Å². The van der Waals surface area contributed by atoms with Gasteiger partial charge in [0.2, 0.25) is 0 Å². The molecule has 19 heavy (non-hydrogen) atoms. The molecule has 1 aromatic rings. The molecule has 0 aliphatic carbocycles. The first kappa shape index (κ1) is 15.7. The number of rotatable bonds is 8. The largest absolute Gasteiger partial charge is 0.465 e. The Hall–Kier alpha value is -1.34. The number of carbonyl (C=O) groups excluding carboxylic acids is 1. The molecule has 0 aliphatic heterocycles. The summed E-state index contributed by atoms with van der Waals surface area (Å²) in [7, 11) is -3.55. The first-order valence-corrected chi connectivity index (χ1v) is 7.93. The molecule has 1 rings (SSSR count). The predicted octanol–water partition coefficient (Wildman–Crippen LogP) is 0.867. The molecule has 1 N–H and O–H groups in total. The SMILES string of the molecule is CCNCc1ccc(CS(=O)(=O)CC(=O)OCC)o1. The highest BCUT2D eigenvalue weighted by molar-refractivity contribution is 7.91. The molecular formula is C12H19NO5S. The third-order valence-corrected chi connectivity index (χ3v) is 3.67. The molecule has 6 nitrogen and oxygen atoms in total. The molecule has 0 bridgehead atoms. The average molecular weight is 289 g/mol. The molecule has 1 aromatic heterocycles. The van der Waals surface area contributed by atoms with Crippen molar-refractivity contribution in [1.82, 2.24) is 5.32 Å². The average Bonchev–Trinajstić information content (AvgIpc) is 2.72. The Morgan fingerprint density at radius 1 is 1.32 bits per heavy atom. The van der Waals surface area contributed by atoms with Gasteiger partial charge in [0.05, 0.1) is 13.2 Å². The van der Waals surface area contributed by atoms with Gasteiger partial charge >= 0.3 is 5.97 Å². The van der Waals surface area contributed by atoms with Gasteiger partial charge in [-0.1, -0.05) is 6.92 Å². The van der Waals surface area contributed by atoms with Crippen LogP contribution in [-0.4, -0.2) is 33.3 Å². The van der Waals surface area contributed by atoms with E-state index in [0.717, 1.165) is 6.54 Å². The quantitative estimate of drug-likeness (QED) is 0.715. The van der Waals surface area contributed by atoms with E-state index in [9.17, 15) is 13.2 Å². The van der Waals surface area contributed by atoms with Gasteiger partial charge in [-0.05, 0) is 25.6 Å². The maximum Gasteiger partial charge on any atom is 0.321 e. The lowest BCUT2D eigenvalue weighted by atomic mass is 10.4. The van der Waals surface area contributed by atoms with Crippen molar-refractivity contribution >= 4 is 15.8 Å². The number of ether oxygens (including phenoxy) is 1. The van der Waals surface area contributed by atoms with Crippen molar-refractivity contribution in [1.29, 1.82) is 0 Å². The number of sulfone groups is 1. The third-order valence-electron chi connectivity index (χ3n) is 2.27. The summed E-state index contributed by atoms with van der Waals surface area (Å²) in [6.45, 7) is 5.12. The molecule has 0 saturated carbocycles. The molecular weight excluding hydrogens is 270 g/mol. The maximum atomic E-state index is 11.7. The van der Waals surface area contributed by atoms with E-state index >= 15 is 0 Å². The van der Waals surface area contributed by atoms with Crippen LogP contribution >= 0.6 is 0 Å². The van der Waals surface area contributed by atoms with Crippen molar-refractivity contribution in [2.24, 2.45) is 0 Å². The van der Waals surface area contributed by atoms with Crippen LogP contribution in [0.3, 0.4) is 0 Å². The Labute approximate surface area is 113 Å². The standard InChI is InChI=1S/C12H19NO5S/c1-3-13-7-10-5-6-11(18-10)8-19(15,16)9-12(14)17-4-2/h5-6,13H,3-4,7-9H2,1-2H3. The zero-order chi connectivity index (χ0) is 14.3. The van der Waals surface area contributed by atoms with Gasteiger partial charge in [0.25, 0.3) is 0 Å². The fourth-order valence-electron chi connectivity index (χ4n) is 1.49. The lowest BCUT2D eigenvalue weighted by Gasteiger charge is -2.02. The molecule has 0 spiro atoms. The van der Waals surface area contributed by atoms with E-state index in [-0.39, 0.29) is 12.4 Å². The lowest BCUT2D eigenvalue weighted by Crippen LogP contribution is -2.19. The van der Waals surface area contributed by atoms with Crippen LogP contribution in [0.15, 0.2) is 16.5 Å². The smallest absolute Gasteiger partial charge is 0.321 e. The van der Waals surface area contributed by atoms with Crippen LogP contribution < -0.4 is 5.32 Å². The second-order valence-electron chi connectivity index (χ2n) is 3.99. The van der Waals surface area contributed by atoms with E-state index < -0.39 is 21.6 Å². The van der Waals surface area contributed by atoms with Crippen molar-refractivity contribution in [2.75, 3.05) is 18.9 Å². The fraction of sp³-hybridized carbons (Fsp3) is 0.583. The summed E-state index contributed by atoms with van der Waals surface area (Å²) in [6.07, 6.45) is 0. The minimum Gasteiger partial charge on any atom is -0.465 e. The molecule has 1 heterocycles. The summed E-state index contributed by atoms with van der Waals surface area (Å²) in [5, 5.41) is 3.07. The Balaban J connectivity index is 2.57. The number of furan rings is 1. The normalized spacial score (nSPS) is 11.5. The molecule has 0 radical (unpaired) electrons. The lowest BCUT2D eigenvalue weighted by molar-refractivity contribution is -0.139. The van der Waals surface area contributed by atoms with Crippen molar-refractivity contribution in [3.8, 4) is 0 Å². The zero-order valence-electron chi connectivity index (χ0n) is 11.1. The highest BCUT2D eigenvalue weighted by atomic mass is 32.2. The van der Waals surface area contributed by atoms with Crippen molar-refractivity contribution in [3.63, 3.8) is 0 Å². The second kappa shape index (κ2) is 7.30. The fourth-order valence-corrected chi connectivity index (χ4v) is 2.63. The van der Waals surface area contributed by atoms with E-state index in [4.69, 9.17) is 4.42 Å². The first-order valence-electron chi connectivity index (χ1n) is 6.11. The summed E-state index contributed by atoms with van der Waals surface area (Å²) >= 11 is 0. The second-order valence-corrected chi connectivity index (χ2v) is 6.05. The minimum atomic E-state index is -3.55. The van der Waals surface area contributed by atoms with Gasteiger partial charge in [0.1, 0.15) is 23.0 Å². The number of hydrogen-bond donors (Lipinski definition) is 1. The predicted molar refractivity (Wildman–Crippen MR) is 70.2 cm³/mol. The molecule has 0 atom stereocenters. The van der Waals surface area contributed by atoms with Gasteiger partial charge < -0.3 is 14.5 Å². The van der Waals surface area contributed by atoms with Gasteiger partial charge in [-0.15, -0.1) is 0 Å². The first-order chi connectivity index (χ1) is 8.96. The van der Waals surface area contributed by atoms with Gasteiger partial charge in [-0.2, -0.15) is 0 Å². The Bertz CT molecular complexity index is 506. The number of carbonyl (C=O) groups is 1. The monoisotopic (exact) mass is 289 g/mol. The Morgan fingerprint density at radius 3 is 2.63 bits per heavy atom. The van der Waals surface area contributed by atoms with Gasteiger partial charge in [0, 0.05) is 0 Å². The van der Waals surface area contributed by atoms with Crippen LogP contribution in [-0.2, 0) is 31.7 Å². The Kier molecular flexibility index (Phi) is 6.04. The zero-order valence-corrected chi connectivity index (χ0v) is 12.0. The topological polar surface area (TPSA) is 85.6 Å². The van der Waals surface area contributed by atoms with E-state index in [1.165, 1.54) is 0 Å². The van der Waals surface area contributed by atoms with Gasteiger partial charge in [-0.25, -0.2) is 8.42 Å². The van der Waals surface area contributed by atoms with E-state index in [1.807, 2.05) is 6.92 Å². The number of nitrogens with one attached hydrogen (secondary N) is 1. The highest BCUT2D eigenvalue weighted by Crippen LogP contribution is 2.12. The van der Waals surface area contributed by atoms with Crippen LogP contribution in [0.5, 0.6) is 0 Å². The van der Waals surface area contributed by atoms with Gasteiger partial charge in [0.15, 0.2) is 9.84 Å². The maximum absolute atomic E-state index is 11.7. The van der Waals surface area contributed by atoms with Crippen LogP contribution in [0.2, 0.25) is 0 Å². The summed E-state index contributed by atoms with van der Waals surface area (Å²) in [6, 6.07) is 3.33. The minimum absolute atomic E-state index is 0.169. The molecule has 0 fully saturated rings. The van der Waals surface area contributed by atoms with Crippen molar-refractivity contribution < 1.29 is 22.4 Å². The summed E-state index contributed by atoms with van der Waals surface area (Å²) in [4.78, 5) is 11.2. The number of esters is 1. The van der Waals surface area contributed by atoms with Crippen LogP contribution in [0, 0.1) is 0 Å². The summed E-state index contributed by atoms with van der Waals surface area (Å²) in [5.74, 6) is -0.649. The summed E-state index contributed by atoms with van der Waals surface area (Å²) in [5.41, 5.74) is 0. The van der Waals surface area contributed by atoms with Crippen LogP contribution in [0.1, 0.15) is 25.4 Å². The van der Waals surface area contributed by atoms with Gasteiger partial charge in [-0.3, -0.25) is 4.79 Å². The molecule has 0 aromatic carbocycles. The number of hydrogen-bond acceptors (Lipinski definition) is 6. The molecule has 0 amide bonds. The molecule has 108 valence electrons. The van der Waals surface area contributed by atoms with Crippen molar-refractivity contribution in [3.05, 3.63) is 23.7 Å². The Morgan fingerprint density at radius 2 is 2.00 bits per heavy atom. The third kappa shape index (κ3) is 5.89. The molecule has 0 aliphatic rings. The highest BCUT2D eigenvalue weighted by Gasteiger charge is 2.20.